The molecule has 110 valence electrons. The number of amides is 1. The quantitative estimate of drug-likeness (QED) is 0.863. The lowest BCUT2D eigenvalue weighted by Gasteiger charge is -2.29. The number of likely N-dealkylation sites (tertiary alicyclic amines) is 1. The van der Waals surface area contributed by atoms with Gasteiger partial charge in [-0.15, -0.1) is 0 Å². The maximum absolute atomic E-state index is 11.7. The third-order valence-corrected chi connectivity index (χ3v) is 3.57. The second-order valence-corrected chi connectivity index (χ2v) is 4.89. The average molecular weight is 302 g/mol. The SMILES string of the molecule is CCOC(=O)c1cn(C2CCN(C(=O)O)CC2)nc1Cl. The van der Waals surface area contributed by atoms with E-state index in [0.29, 0.717) is 25.9 Å². The van der Waals surface area contributed by atoms with Crippen LogP contribution < -0.4 is 0 Å². The largest absolute Gasteiger partial charge is 0.465 e. The number of nitrogens with zero attached hydrogens (tertiary/aromatic N) is 3. The number of hydrogen-bond donors (Lipinski definition) is 1. The van der Waals surface area contributed by atoms with Gasteiger partial charge >= 0.3 is 12.1 Å². The second-order valence-electron chi connectivity index (χ2n) is 4.53. The molecule has 1 aliphatic rings. The third-order valence-electron chi connectivity index (χ3n) is 3.29. The first kappa shape index (κ1) is 14.6. The molecule has 0 aromatic carbocycles. The zero-order valence-electron chi connectivity index (χ0n) is 11.1. The molecule has 1 amide bonds. The number of ether oxygens (including phenoxy) is 1. The number of rotatable bonds is 3. The van der Waals surface area contributed by atoms with Crippen molar-refractivity contribution in [3.8, 4) is 0 Å². The predicted octanol–water partition coefficient (Wildman–Crippen LogP) is 2.03. The fraction of sp³-hybridized carbons (Fsp3) is 0.583. The van der Waals surface area contributed by atoms with Crippen molar-refractivity contribution >= 4 is 23.7 Å². The van der Waals surface area contributed by atoms with E-state index in [-0.39, 0.29) is 23.4 Å². The van der Waals surface area contributed by atoms with Crippen LogP contribution in [0.2, 0.25) is 5.15 Å². The van der Waals surface area contributed by atoms with Crippen LogP contribution in [0.5, 0.6) is 0 Å². The highest BCUT2D eigenvalue weighted by molar-refractivity contribution is 6.32. The van der Waals surface area contributed by atoms with Crippen molar-refractivity contribution in [3.05, 3.63) is 16.9 Å². The Kier molecular flexibility index (Phi) is 4.49. The first-order chi connectivity index (χ1) is 9.52. The van der Waals surface area contributed by atoms with E-state index in [9.17, 15) is 9.59 Å². The molecule has 0 spiro atoms. The van der Waals surface area contributed by atoms with Gasteiger partial charge in [-0.2, -0.15) is 5.10 Å². The Hall–Kier alpha value is -1.76. The van der Waals surface area contributed by atoms with Gasteiger partial charge in [0.25, 0.3) is 0 Å². The topological polar surface area (TPSA) is 84.7 Å². The molecule has 1 aromatic rings. The summed E-state index contributed by atoms with van der Waals surface area (Å²) in [6, 6.07) is 0.0475. The van der Waals surface area contributed by atoms with Gasteiger partial charge in [-0.3, -0.25) is 4.68 Å². The summed E-state index contributed by atoms with van der Waals surface area (Å²) >= 11 is 5.94. The fourth-order valence-electron chi connectivity index (χ4n) is 2.22. The summed E-state index contributed by atoms with van der Waals surface area (Å²) in [7, 11) is 0. The molecule has 1 saturated heterocycles. The number of piperidine rings is 1. The number of carbonyl (C=O) groups excluding carboxylic acids is 1. The Balaban J connectivity index is 2.06. The smallest absolute Gasteiger partial charge is 0.407 e. The molecule has 1 aliphatic heterocycles. The van der Waals surface area contributed by atoms with Crippen LogP contribution >= 0.6 is 11.6 Å². The van der Waals surface area contributed by atoms with Crippen molar-refractivity contribution in [3.63, 3.8) is 0 Å². The van der Waals surface area contributed by atoms with E-state index < -0.39 is 12.1 Å². The van der Waals surface area contributed by atoms with Crippen molar-refractivity contribution < 1.29 is 19.4 Å². The molecule has 20 heavy (non-hydrogen) atoms. The summed E-state index contributed by atoms with van der Waals surface area (Å²) in [6.45, 7) is 2.90. The van der Waals surface area contributed by atoms with Gasteiger partial charge < -0.3 is 14.7 Å². The lowest BCUT2D eigenvalue weighted by atomic mass is 10.1. The minimum atomic E-state index is -0.908. The van der Waals surface area contributed by atoms with E-state index in [2.05, 4.69) is 5.10 Å². The standard InChI is InChI=1S/C12H16ClN3O4/c1-2-20-11(17)9-7-16(14-10(9)13)8-3-5-15(6-4-8)12(18)19/h7-8H,2-6H2,1H3,(H,18,19). The molecule has 0 bridgehead atoms. The molecule has 1 N–H and O–H groups in total. The molecule has 0 unspecified atom stereocenters. The molecule has 1 fully saturated rings. The molecular formula is C12H16ClN3O4. The van der Waals surface area contributed by atoms with Gasteiger partial charge in [0.05, 0.1) is 12.6 Å². The molecule has 0 aliphatic carbocycles. The van der Waals surface area contributed by atoms with Crippen molar-refractivity contribution in [2.45, 2.75) is 25.8 Å². The van der Waals surface area contributed by atoms with Gasteiger partial charge in [0.15, 0.2) is 5.15 Å². The molecular weight excluding hydrogens is 286 g/mol. The maximum atomic E-state index is 11.7. The highest BCUT2D eigenvalue weighted by Crippen LogP contribution is 2.25. The van der Waals surface area contributed by atoms with Crippen LogP contribution in [0.4, 0.5) is 4.79 Å². The maximum Gasteiger partial charge on any atom is 0.407 e. The fourth-order valence-corrected chi connectivity index (χ4v) is 2.44. The summed E-state index contributed by atoms with van der Waals surface area (Å²) in [4.78, 5) is 23.9. The van der Waals surface area contributed by atoms with Crippen molar-refractivity contribution in [2.75, 3.05) is 19.7 Å². The number of esters is 1. The van der Waals surface area contributed by atoms with E-state index >= 15 is 0 Å². The summed E-state index contributed by atoms with van der Waals surface area (Å²) in [5, 5.41) is 13.1. The zero-order chi connectivity index (χ0) is 14.7. The molecule has 8 heteroatoms. The number of carbonyl (C=O) groups is 2. The van der Waals surface area contributed by atoms with E-state index in [1.54, 1.807) is 17.8 Å². The van der Waals surface area contributed by atoms with Crippen LogP contribution in [-0.2, 0) is 4.74 Å². The molecule has 0 radical (unpaired) electrons. The van der Waals surface area contributed by atoms with Crippen LogP contribution in [-0.4, -0.2) is 51.5 Å². The van der Waals surface area contributed by atoms with E-state index in [0.717, 1.165) is 0 Å². The van der Waals surface area contributed by atoms with Crippen LogP contribution in [0.3, 0.4) is 0 Å². The highest BCUT2D eigenvalue weighted by atomic mass is 35.5. The van der Waals surface area contributed by atoms with Crippen molar-refractivity contribution in [2.24, 2.45) is 0 Å². The number of aromatic nitrogens is 2. The van der Waals surface area contributed by atoms with E-state index in [1.807, 2.05) is 0 Å². The Labute approximate surface area is 121 Å². The van der Waals surface area contributed by atoms with Gasteiger partial charge in [0.1, 0.15) is 5.56 Å². The first-order valence-electron chi connectivity index (χ1n) is 6.42. The van der Waals surface area contributed by atoms with Crippen molar-refractivity contribution in [1.82, 2.24) is 14.7 Å². The van der Waals surface area contributed by atoms with Gasteiger partial charge in [-0.05, 0) is 19.8 Å². The summed E-state index contributed by atoms with van der Waals surface area (Å²) in [5.74, 6) is -0.494. The van der Waals surface area contributed by atoms with Crippen LogP contribution in [0.1, 0.15) is 36.2 Å². The highest BCUT2D eigenvalue weighted by Gasteiger charge is 2.26. The monoisotopic (exact) mass is 301 g/mol. The minimum absolute atomic E-state index is 0.0475. The van der Waals surface area contributed by atoms with Gasteiger partial charge in [-0.1, -0.05) is 11.6 Å². The molecule has 0 atom stereocenters. The van der Waals surface area contributed by atoms with Crippen LogP contribution in [0, 0.1) is 0 Å². The first-order valence-corrected chi connectivity index (χ1v) is 6.80. The van der Waals surface area contributed by atoms with Crippen LogP contribution in [0.15, 0.2) is 6.20 Å². The molecule has 2 heterocycles. The minimum Gasteiger partial charge on any atom is -0.465 e. The predicted molar refractivity (Wildman–Crippen MR) is 71.1 cm³/mol. The lowest BCUT2D eigenvalue weighted by molar-refractivity contribution is 0.0526. The summed E-state index contributed by atoms with van der Waals surface area (Å²) in [6.07, 6.45) is 1.95. The molecule has 7 nitrogen and oxygen atoms in total. The van der Waals surface area contributed by atoms with Gasteiger partial charge in [-0.25, -0.2) is 9.59 Å². The Morgan fingerprint density at radius 1 is 1.50 bits per heavy atom. The zero-order valence-corrected chi connectivity index (χ0v) is 11.8. The molecule has 0 saturated carbocycles. The average Bonchev–Trinajstić information content (AvgIpc) is 2.81. The lowest BCUT2D eigenvalue weighted by Crippen LogP contribution is -2.38. The Morgan fingerprint density at radius 2 is 2.15 bits per heavy atom. The number of halogens is 1. The Morgan fingerprint density at radius 3 is 2.70 bits per heavy atom. The van der Waals surface area contributed by atoms with Crippen LogP contribution in [0.25, 0.3) is 0 Å². The van der Waals surface area contributed by atoms with Gasteiger partial charge in [0.2, 0.25) is 0 Å². The summed E-state index contributed by atoms with van der Waals surface area (Å²) in [5.41, 5.74) is 0.245. The third kappa shape index (κ3) is 3.04. The Bertz CT molecular complexity index is 509. The second kappa shape index (κ2) is 6.13. The van der Waals surface area contributed by atoms with Crippen molar-refractivity contribution in [1.29, 1.82) is 0 Å². The van der Waals surface area contributed by atoms with Gasteiger partial charge in [0, 0.05) is 19.3 Å². The normalized spacial score (nSPS) is 16.2. The van der Waals surface area contributed by atoms with E-state index in [4.69, 9.17) is 21.4 Å². The molecule has 2 rings (SSSR count). The summed E-state index contributed by atoms with van der Waals surface area (Å²) < 4.78 is 6.53. The molecule has 1 aromatic heterocycles. The van der Waals surface area contributed by atoms with E-state index in [1.165, 1.54) is 4.90 Å². The number of hydrogen-bond acceptors (Lipinski definition) is 4. The number of carboxylic acid groups (broad SMARTS) is 1.